The first kappa shape index (κ1) is 27.9. The van der Waals surface area contributed by atoms with Gasteiger partial charge in [-0.05, 0) is 65.8 Å². The number of alkyl halides is 2. The van der Waals surface area contributed by atoms with E-state index in [1.165, 1.54) is 19.1 Å². The molecule has 1 amide bonds. The zero-order valence-electron chi connectivity index (χ0n) is 21.7. The molecule has 0 bridgehead atoms. The van der Waals surface area contributed by atoms with Gasteiger partial charge in [-0.15, -0.1) is 0 Å². The first-order chi connectivity index (χ1) is 19.2. The number of aliphatic hydroxyl groups is 1. The molecule has 1 aliphatic heterocycles. The fourth-order valence-corrected chi connectivity index (χ4v) is 5.77. The minimum Gasteiger partial charge on any atom is -0.417 e. The minimum absolute atomic E-state index is 0.0321. The summed E-state index contributed by atoms with van der Waals surface area (Å²) >= 11 is 6.85. The van der Waals surface area contributed by atoms with Crippen molar-refractivity contribution >= 4 is 28.4 Å². The van der Waals surface area contributed by atoms with E-state index in [9.17, 15) is 23.1 Å². The summed E-state index contributed by atoms with van der Waals surface area (Å²) in [5.74, 6) is -1.05. The summed E-state index contributed by atoms with van der Waals surface area (Å²) in [7, 11) is 0. The molecule has 2 aromatic carbocycles. The molecule has 2 aromatic heterocycles. The lowest BCUT2D eigenvalue weighted by molar-refractivity contribution is -0.131. The number of rotatable bonds is 7. The zero-order chi connectivity index (χ0) is 28.4. The monoisotopic (exact) mass is 569 g/mol. The van der Waals surface area contributed by atoms with Gasteiger partial charge in [0.1, 0.15) is 11.4 Å². The van der Waals surface area contributed by atoms with Gasteiger partial charge >= 0.3 is 6.61 Å². The zero-order valence-corrected chi connectivity index (χ0v) is 22.4. The summed E-state index contributed by atoms with van der Waals surface area (Å²) in [5, 5.41) is 13.0. The molecule has 1 atom stereocenters. The van der Waals surface area contributed by atoms with Crippen molar-refractivity contribution in [2.45, 2.75) is 38.4 Å². The molecule has 0 saturated carbocycles. The molecule has 10 heteroatoms. The first-order valence-corrected chi connectivity index (χ1v) is 13.2. The standard InChI is InChI=1S/C30H27ClF3N3O3/c1-18(38)37-13-10-21(11-14-37)30(39,20-4-7-23(32)8-5-20)22-6-9-26-24(16-22)27(31)25(28(36-26)40-29(33)34)15-19-3-2-12-35-17-19/h2-9,12,16-17,21,29,39H,10-11,13-15H2,1H3. The van der Waals surface area contributed by atoms with Crippen molar-refractivity contribution in [2.24, 2.45) is 5.92 Å². The number of fused-ring (bicyclic) bond motifs is 1. The Balaban J connectivity index is 1.64. The Hall–Kier alpha value is -3.69. The van der Waals surface area contributed by atoms with Crippen molar-refractivity contribution < 1.29 is 27.8 Å². The molecule has 1 aliphatic rings. The van der Waals surface area contributed by atoms with Crippen LogP contribution in [0.3, 0.4) is 0 Å². The van der Waals surface area contributed by atoms with E-state index < -0.39 is 18.0 Å². The summed E-state index contributed by atoms with van der Waals surface area (Å²) in [6.07, 6.45) is 4.39. The van der Waals surface area contributed by atoms with Gasteiger partial charge in [-0.1, -0.05) is 35.9 Å². The van der Waals surface area contributed by atoms with Gasteiger partial charge in [0.05, 0.1) is 10.5 Å². The fraction of sp³-hybridized carbons (Fsp3) is 0.300. The molecule has 1 saturated heterocycles. The highest BCUT2D eigenvalue weighted by atomic mass is 35.5. The van der Waals surface area contributed by atoms with Gasteiger partial charge in [0.2, 0.25) is 11.8 Å². The smallest absolute Gasteiger partial charge is 0.388 e. The Bertz CT molecular complexity index is 1510. The molecule has 3 heterocycles. The summed E-state index contributed by atoms with van der Waals surface area (Å²) in [6, 6.07) is 14.2. The van der Waals surface area contributed by atoms with E-state index in [4.69, 9.17) is 16.3 Å². The van der Waals surface area contributed by atoms with Gasteiger partial charge in [0, 0.05) is 49.8 Å². The molecular weight excluding hydrogens is 543 g/mol. The lowest BCUT2D eigenvalue weighted by atomic mass is 9.71. The number of carbonyl (C=O) groups excluding carboxylic acids is 1. The maximum atomic E-state index is 13.9. The number of ether oxygens (including phenoxy) is 1. The van der Waals surface area contributed by atoms with Gasteiger partial charge in [0.15, 0.2) is 0 Å². The number of hydrogen-bond donors (Lipinski definition) is 1. The molecule has 4 aromatic rings. The molecule has 40 heavy (non-hydrogen) atoms. The Kier molecular flexibility index (Phi) is 7.96. The predicted octanol–water partition coefficient (Wildman–Crippen LogP) is 6.11. The maximum absolute atomic E-state index is 13.9. The van der Waals surface area contributed by atoms with Crippen molar-refractivity contribution in [2.75, 3.05) is 13.1 Å². The van der Waals surface area contributed by atoms with E-state index in [0.29, 0.717) is 48.0 Å². The molecule has 0 radical (unpaired) electrons. The summed E-state index contributed by atoms with van der Waals surface area (Å²) in [5.41, 5.74) is 0.738. The lowest BCUT2D eigenvalue weighted by Crippen LogP contribution is -2.45. The highest BCUT2D eigenvalue weighted by molar-refractivity contribution is 6.36. The van der Waals surface area contributed by atoms with Crippen molar-refractivity contribution in [3.63, 3.8) is 0 Å². The average Bonchev–Trinajstić information content (AvgIpc) is 2.95. The quantitative estimate of drug-likeness (QED) is 0.291. The van der Waals surface area contributed by atoms with Crippen molar-refractivity contribution in [3.05, 3.63) is 100 Å². The minimum atomic E-state index is -3.10. The number of aromatic nitrogens is 2. The van der Waals surface area contributed by atoms with Crippen molar-refractivity contribution in [1.82, 2.24) is 14.9 Å². The Morgan fingerprint density at radius 1 is 1.15 bits per heavy atom. The van der Waals surface area contributed by atoms with E-state index in [1.807, 2.05) is 0 Å². The van der Waals surface area contributed by atoms with Crippen LogP contribution >= 0.6 is 11.6 Å². The van der Waals surface area contributed by atoms with Gasteiger partial charge in [-0.3, -0.25) is 9.78 Å². The lowest BCUT2D eigenvalue weighted by Gasteiger charge is -2.42. The number of halogens is 4. The van der Waals surface area contributed by atoms with E-state index in [0.717, 1.165) is 5.56 Å². The largest absolute Gasteiger partial charge is 0.417 e. The molecule has 1 unspecified atom stereocenters. The number of nitrogens with zero attached hydrogens (tertiary/aromatic N) is 3. The van der Waals surface area contributed by atoms with Crippen LogP contribution in [0.25, 0.3) is 10.9 Å². The van der Waals surface area contributed by atoms with Crippen LogP contribution in [0, 0.1) is 11.7 Å². The third kappa shape index (κ3) is 5.48. The Morgan fingerprint density at radius 3 is 2.48 bits per heavy atom. The third-order valence-corrected chi connectivity index (χ3v) is 7.97. The van der Waals surface area contributed by atoms with Crippen LogP contribution in [-0.2, 0) is 16.8 Å². The maximum Gasteiger partial charge on any atom is 0.388 e. The Labute approximate surface area is 234 Å². The number of hydrogen-bond acceptors (Lipinski definition) is 5. The molecule has 208 valence electrons. The molecule has 6 nitrogen and oxygen atoms in total. The first-order valence-electron chi connectivity index (χ1n) is 12.9. The summed E-state index contributed by atoms with van der Waals surface area (Å²) < 4.78 is 45.2. The van der Waals surface area contributed by atoms with Crippen LogP contribution in [-0.4, -0.2) is 45.6 Å². The number of likely N-dealkylation sites (tertiary alicyclic amines) is 1. The highest BCUT2D eigenvalue weighted by Gasteiger charge is 2.42. The molecule has 0 aliphatic carbocycles. The van der Waals surface area contributed by atoms with Crippen LogP contribution < -0.4 is 4.74 Å². The number of pyridine rings is 2. The van der Waals surface area contributed by atoms with E-state index in [2.05, 4.69) is 9.97 Å². The van der Waals surface area contributed by atoms with Crippen LogP contribution in [0.15, 0.2) is 67.0 Å². The Morgan fingerprint density at radius 2 is 1.85 bits per heavy atom. The molecule has 1 N–H and O–H groups in total. The normalized spacial score (nSPS) is 15.8. The second-order valence-electron chi connectivity index (χ2n) is 9.91. The highest BCUT2D eigenvalue weighted by Crippen LogP contribution is 2.44. The third-order valence-electron chi connectivity index (χ3n) is 7.54. The SMILES string of the molecule is CC(=O)N1CCC(C(O)(c2ccc(F)cc2)c2ccc3nc(OC(F)F)c(Cc4cccnc4)c(Cl)c3c2)CC1. The fourth-order valence-electron chi connectivity index (χ4n) is 5.48. The number of amides is 1. The number of benzene rings is 2. The van der Waals surface area contributed by atoms with Gasteiger partial charge < -0.3 is 14.7 Å². The molecule has 1 fully saturated rings. The van der Waals surface area contributed by atoms with Crippen molar-refractivity contribution in [1.29, 1.82) is 0 Å². The average molecular weight is 570 g/mol. The second kappa shape index (κ2) is 11.4. The van der Waals surface area contributed by atoms with Crippen LogP contribution in [0.1, 0.15) is 42.0 Å². The van der Waals surface area contributed by atoms with E-state index in [-0.39, 0.29) is 34.7 Å². The van der Waals surface area contributed by atoms with E-state index in [1.54, 1.807) is 59.8 Å². The summed E-state index contributed by atoms with van der Waals surface area (Å²) in [4.78, 5) is 22.1. The van der Waals surface area contributed by atoms with E-state index >= 15 is 0 Å². The molecule has 5 rings (SSSR count). The topological polar surface area (TPSA) is 75.6 Å². The second-order valence-corrected chi connectivity index (χ2v) is 10.3. The van der Waals surface area contributed by atoms with Crippen LogP contribution in [0.2, 0.25) is 5.02 Å². The van der Waals surface area contributed by atoms with Gasteiger partial charge in [-0.2, -0.15) is 8.78 Å². The van der Waals surface area contributed by atoms with Crippen LogP contribution in [0.5, 0.6) is 5.88 Å². The molecule has 0 spiro atoms. The van der Waals surface area contributed by atoms with Crippen LogP contribution in [0.4, 0.5) is 13.2 Å². The van der Waals surface area contributed by atoms with Gasteiger partial charge in [0.25, 0.3) is 0 Å². The predicted molar refractivity (Wildman–Crippen MR) is 145 cm³/mol. The molecular formula is C30H27ClF3N3O3. The summed E-state index contributed by atoms with van der Waals surface area (Å²) in [6.45, 7) is -0.635. The van der Waals surface area contributed by atoms with Gasteiger partial charge in [-0.25, -0.2) is 9.37 Å². The number of piperidine rings is 1. The van der Waals surface area contributed by atoms with Crippen molar-refractivity contribution in [3.8, 4) is 5.88 Å². The number of carbonyl (C=O) groups is 1.